The number of carbonyl (C=O) groups is 1. The second-order valence-corrected chi connectivity index (χ2v) is 9.76. The Kier molecular flexibility index (Phi) is 7.30. The van der Waals surface area contributed by atoms with Gasteiger partial charge >= 0.3 is 0 Å². The molecule has 2 atom stereocenters. The van der Waals surface area contributed by atoms with Crippen LogP contribution in [0, 0.1) is 11.8 Å². The van der Waals surface area contributed by atoms with Crippen molar-refractivity contribution in [2.75, 3.05) is 32.7 Å². The second-order valence-electron chi connectivity index (χ2n) is 7.97. The predicted octanol–water partition coefficient (Wildman–Crippen LogP) is 4.79. The zero-order valence-electron chi connectivity index (χ0n) is 16.0. The summed E-state index contributed by atoms with van der Waals surface area (Å²) in [6, 6.07) is 7.78. The maximum absolute atomic E-state index is 12.9. The average molecular weight is 395 g/mol. The number of halogens is 1. The van der Waals surface area contributed by atoms with E-state index in [9.17, 15) is 4.79 Å². The van der Waals surface area contributed by atoms with Crippen molar-refractivity contribution in [1.82, 2.24) is 9.80 Å². The Morgan fingerprint density at radius 3 is 2.69 bits per heavy atom. The first-order valence-corrected chi connectivity index (χ1v) is 11.2. The molecule has 2 fully saturated rings. The Labute approximate surface area is 167 Å². The monoisotopic (exact) mass is 394 g/mol. The molecule has 2 aliphatic rings. The molecule has 3 rings (SSSR count). The molecule has 0 N–H and O–H groups in total. The summed E-state index contributed by atoms with van der Waals surface area (Å²) in [7, 11) is 0. The number of thioether (sulfide) groups is 1. The molecule has 1 amide bonds. The first kappa shape index (κ1) is 20.0. The molecule has 0 bridgehead atoms. The highest BCUT2D eigenvalue weighted by molar-refractivity contribution is 8.00. The summed E-state index contributed by atoms with van der Waals surface area (Å²) in [5.41, 5.74) is 0. The first-order valence-electron chi connectivity index (χ1n) is 9.95. The molecule has 5 heteroatoms. The fourth-order valence-electron chi connectivity index (χ4n) is 4.06. The van der Waals surface area contributed by atoms with Crippen molar-refractivity contribution >= 4 is 29.3 Å². The minimum absolute atomic E-state index is 0.0931. The summed E-state index contributed by atoms with van der Waals surface area (Å²) in [6.07, 6.45) is 5.02. The summed E-state index contributed by atoms with van der Waals surface area (Å²) in [5.74, 6) is 1.75. The van der Waals surface area contributed by atoms with Crippen molar-refractivity contribution in [1.29, 1.82) is 0 Å². The smallest absolute Gasteiger partial charge is 0.235 e. The molecule has 26 heavy (non-hydrogen) atoms. The number of amides is 1. The molecule has 3 nitrogen and oxygen atoms in total. The van der Waals surface area contributed by atoms with E-state index >= 15 is 0 Å². The molecule has 0 spiro atoms. The van der Waals surface area contributed by atoms with Gasteiger partial charge in [-0.3, -0.25) is 4.79 Å². The van der Waals surface area contributed by atoms with Crippen molar-refractivity contribution in [2.24, 2.45) is 11.8 Å². The fraction of sp³-hybridized carbons (Fsp3) is 0.667. The topological polar surface area (TPSA) is 23.6 Å². The molecule has 0 aromatic heterocycles. The Hall–Kier alpha value is -0.710. The van der Waals surface area contributed by atoms with Crippen LogP contribution in [0.15, 0.2) is 29.2 Å². The lowest BCUT2D eigenvalue weighted by molar-refractivity contribution is -0.132. The van der Waals surface area contributed by atoms with Crippen LogP contribution in [0.5, 0.6) is 0 Å². The number of hydrogen-bond donors (Lipinski definition) is 0. The molecule has 1 aromatic carbocycles. The van der Waals surface area contributed by atoms with Crippen LogP contribution in [0.3, 0.4) is 0 Å². The number of rotatable bonds is 5. The molecular formula is C21H31ClN2OS. The van der Waals surface area contributed by atoms with E-state index in [1.807, 2.05) is 31.2 Å². The lowest BCUT2D eigenvalue weighted by Crippen LogP contribution is -2.47. The van der Waals surface area contributed by atoms with E-state index in [-0.39, 0.29) is 11.2 Å². The van der Waals surface area contributed by atoms with Crippen LogP contribution < -0.4 is 0 Å². The van der Waals surface area contributed by atoms with Crippen molar-refractivity contribution in [3.05, 3.63) is 29.3 Å². The van der Waals surface area contributed by atoms with Crippen molar-refractivity contribution in [3.8, 4) is 0 Å². The maximum Gasteiger partial charge on any atom is 0.235 e. The third-order valence-corrected chi connectivity index (χ3v) is 7.32. The van der Waals surface area contributed by atoms with Crippen LogP contribution in [0.1, 0.15) is 39.5 Å². The summed E-state index contributed by atoms with van der Waals surface area (Å²) in [5, 5.41) is 0.637. The third kappa shape index (κ3) is 5.40. The predicted molar refractivity (Wildman–Crippen MR) is 111 cm³/mol. The van der Waals surface area contributed by atoms with Crippen LogP contribution >= 0.6 is 23.4 Å². The van der Waals surface area contributed by atoms with E-state index < -0.39 is 0 Å². The molecule has 2 aliphatic heterocycles. The van der Waals surface area contributed by atoms with Crippen molar-refractivity contribution in [2.45, 2.75) is 49.7 Å². The Morgan fingerprint density at radius 1 is 1.23 bits per heavy atom. The zero-order chi connectivity index (χ0) is 18.5. The second kappa shape index (κ2) is 9.48. The normalized spacial score (nSPS) is 23.8. The highest BCUT2D eigenvalue weighted by atomic mass is 35.5. The molecule has 0 aliphatic carbocycles. The SMILES string of the molecule is CC1CCN(CC2CCCN(C(=O)C(C)Sc3ccccc3Cl)C2)CC1. The minimum atomic E-state index is -0.0931. The Balaban J connectivity index is 1.51. The van der Waals surface area contributed by atoms with E-state index in [4.69, 9.17) is 11.6 Å². The van der Waals surface area contributed by atoms with E-state index in [1.165, 1.54) is 32.4 Å². The highest BCUT2D eigenvalue weighted by Gasteiger charge is 2.29. The quantitative estimate of drug-likeness (QED) is 0.670. The molecule has 144 valence electrons. The minimum Gasteiger partial charge on any atom is -0.341 e. The summed E-state index contributed by atoms with van der Waals surface area (Å²) in [6.45, 7) is 9.79. The third-order valence-electron chi connectivity index (χ3n) is 5.71. The fourth-order valence-corrected chi connectivity index (χ4v) is 5.30. The first-order chi connectivity index (χ1) is 12.5. The lowest BCUT2D eigenvalue weighted by Gasteiger charge is -2.38. The van der Waals surface area contributed by atoms with Gasteiger partial charge in [-0.2, -0.15) is 0 Å². The molecule has 2 unspecified atom stereocenters. The van der Waals surface area contributed by atoms with Crippen LogP contribution in [0.4, 0.5) is 0 Å². The molecule has 2 heterocycles. The van der Waals surface area contributed by atoms with Gasteiger partial charge in [-0.1, -0.05) is 30.7 Å². The number of benzene rings is 1. The summed E-state index contributed by atoms with van der Waals surface area (Å²) in [4.78, 5) is 18.6. The number of carbonyl (C=O) groups excluding carboxylic acids is 1. The lowest BCUT2D eigenvalue weighted by atomic mass is 9.94. The van der Waals surface area contributed by atoms with Gasteiger partial charge in [0.05, 0.1) is 10.3 Å². The van der Waals surface area contributed by atoms with Gasteiger partial charge in [-0.25, -0.2) is 0 Å². The van der Waals surface area contributed by atoms with Gasteiger partial charge in [0.15, 0.2) is 0 Å². The standard InChI is InChI=1S/C21H31ClN2OS/c1-16-9-12-23(13-10-16)14-18-6-5-11-24(15-18)21(25)17(2)26-20-8-4-3-7-19(20)22/h3-4,7-8,16-18H,5-6,9-15H2,1-2H3. The van der Waals surface area contributed by atoms with Crippen molar-refractivity contribution < 1.29 is 4.79 Å². The summed E-state index contributed by atoms with van der Waals surface area (Å²) >= 11 is 7.82. The van der Waals surface area contributed by atoms with Gasteiger partial charge in [0.1, 0.15) is 0 Å². The summed E-state index contributed by atoms with van der Waals surface area (Å²) < 4.78 is 0. The number of piperidine rings is 2. The van der Waals surface area contributed by atoms with E-state index in [0.717, 1.165) is 41.9 Å². The van der Waals surface area contributed by atoms with Crippen LogP contribution in [-0.4, -0.2) is 53.7 Å². The van der Waals surface area contributed by atoms with Gasteiger partial charge in [-0.05, 0) is 69.7 Å². The number of nitrogens with zero attached hydrogens (tertiary/aromatic N) is 2. The molecule has 0 saturated carbocycles. The highest BCUT2D eigenvalue weighted by Crippen LogP contribution is 2.31. The van der Waals surface area contributed by atoms with E-state index in [0.29, 0.717) is 5.92 Å². The number of hydrogen-bond acceptors (Lipinski definition) is 3. The molecule has 0 radical (unpaired) electrons. The largest absolute Gasteiger partial charge is 0.341 e. The van der Waals surface area contributed by atoms with Crippen LogP contribution in [0.25, 0.3) is 0 Å². The van der Waals surface area contributed by atoms with E-state index in [2.05, 4.69) is 16.7 Å². The van der Waals surface area contributed by atoms with Gasteiger partial charge in [0.2, 0.25) is 5.91 Å². The van der Waals surface area contributed by atoms with Crippen LogP contribution in [0.2, 0.25) is 5.02 Å². The van der Waals surface area contributed by atoms with Gasteiger partial charge in [0.25, 0.3) is 0 Å². The maximum atomic E-state index is 12.9. The Morgan fingerprint density at radius 2 is 1.96 bits per heavy atom. The van der Waals surface area contributed by atoms with Gasteiger partial charge < -0.3 is 9.80 Å². The van der Waals surface area contributed by atoms with Crippen molar-refractivity contribution in [3.63, 3.8) is 0 Å². The van der Waals surface area contributed by atoms with Crippen LogP contribution in [-0.2, 0) is 4.79 Å². The number of likely N-dealkylation sites (tertiary alicyclic amines) is 2. The molecular weight excluding hydrogens is 364 g/mol. The molecule has 2 saturated heterocycles. The zero-order valence-corrected chi connectivity index (χ0v) is 17.6. The molecule has 1 aromatic rings. The Bertz CT molecular complexity index is 603. The van der Waals surface area contributed by atoms with E-state index in [1.54, 1.807) is 11.8 Å². The van der Waals surface area contributed by atoms with Gasteiger partial charge in [-0.15, -0.1) is 11.8 Å². The average Bonchev–Trinajstić information content (AvgIpc) is 2.65. The van der Waals surface area contributed by atoms with Gasteiger partial charge in [0, 0.05) is 24.5 Å².